The van der Waals surface area contributed by atoms with Crippen LogP contribution in [0.5, 0.6) is 0 Å². The van der Waals surface area contributed by atoms with Crippen LogP contribution in [0.1, 0.15) is 12.8 Å². The zero-order valence-electron chi connectivity index (χ0n) is 14.2. The number of sulfonamides is 1. The van der Waals surface area contributed by atoms with Crippen LogP contribution in [0, 0.1) is 17.6 Å². The molecule has 0 radical (unpaired) electrons. The van der Waals surface area contributed by atoms with Gasteiger partial charge in [0, 0.05) is 18.8 Å². The van der Waals surface area contributed by atoms with E-state index >= 15 is 0 Å². The van der Waals surface area contributed by atoms with Crippen LogP contribution in [0.3, 0.4) is 0 Å². The fourth-order valence-electron chi connectivity index (χ4n) is 2.95. The van der Waals surface area contributed by atoms with E-state index in [9.17, 15) is 22.0 Å². The normalized spacial score (nSPS) is 18.3. The first kappa shape index (κ1) is 19.7. The molecule has 5 nitrogen and oxygen atoms in total. The molecule has 3 rings (SSSR count). The topological polar surface area (TPSA) is 66.5 Å². The lowest BCUT2D eigenvalue weighted by atomic mass is 9.99. The molecule has 9 heteroatoms. The van der Waals surface area contributed by atoms with Gasteiger partial charge in [-0.2, -0.15) is 4.31 Å². The molecule has 1 N–H and O–H groups in total. The van der Waals surface area contributed by atoms with E-state index in [4.69, 9.17) is 11.6 Å². The molecule has 1 heterocycles. The van der Waals surface area contributed by atoms with Gasteiger partial charge in [0.25, 0.3) is 0 Å². The summed E-state index contributed by atoms with van der Waals surface area (Å²) < 4.78 is 52.9. The fraction of sp³-hybridized carbons (Fsp3) is 0.278. The maximum atomic E-state index is 13.2. The second kappa shape index (κ2) is 7.92. The number of halogens is 3. The Bertz CT molecular complexity index is 952. The third-order valence-electron chi connectivity index (χ3n) is 4.39. The zero-order chi connectivity index (χ0) is 19.6. The van der Waals surface area contributed by atoms with E-state index in [1.807, 2.05) is 0 Å². The number of piperidine rings is 1. The molecule has 1 atom stereocenters. The molecule has 0 spiro atoms. The molecule has 1 fully saturated rings. The molecule has 0 aromatic heterocycles. The van der Waals surface area contributed by atoms with Crippen LogP contribution in [-0.2, 0) is 14.8 Å². The minimum atomic E-state index is -3.81. The number of hydrogen-bond donors (Lipinski definition) is 1. The van der Waals surface area contributed by atoms with Crippen LogP contribution in [0.2, 0.25) is 5.02 Å². The van der Waals surface area contributed by atoms with Crippen LogP contribution >= 0.6 is 11.6 Å². The van der Waals surface area contributed by atoms with Crippen molar-refractivity contribution >= 4 is 33.2 Å². The number of rotatable bonds is 4. The van der Waals surface area contributed by atoms with E-state index < -0.39 is 27.6 Å². The van der Waals surface area contributed by atoms with E-state index in [1.165, 1.54) is 28.6 Å². The summed E-state index contributed by atoms with van der Waals surface area (Å²) in [7, 11) is -3.81. The lowest BCUT2D eigenvalue weighted by Gasteiger charge is -2.31. The number of carbonyl (C=O) groups is 1. The van der Waals surface area contributed by atoms with Crippen molar-refractivity contribution in [2.24, 2.45) is 5.92 Å². The van der Waals surface area contributed by atoms with Gasteiger partial charge in [-0.1, -0.05) is 11.6 Å². The highest BCUT2D eigenvalue weighted by molar-refractivity contribution is 7.89. The van der Waals surface area contributed by atoms with Crippen molar-refractivity contribution in [3.63, 3.8) is 0 Å². The SMILES string of the molecule is O=C(Nc1ccc(F)c(Cl)c1)[C@H]1CCCN(S(=O)(=O)c2ccc(F)cc2)C1. The quantitative estimate of drug-likeness (QED) is 0.830. The molecule has 0 saturated carbocycles. The first-order valence-electron chi connectivity index (χ1n) is 8.29. The number of carbonyl (C=O) groups excluding carboxylic acids is 1. The van der Waals surface area contributed by atoms with Crippen molar-refractivity contribution in [2.45, 2.75) is 17.7 Å². The standard InChI is InChI=1S/C18H17ClF2N2O3S/c19-16-10-14(5-8-17(16)21)22-18(24)12-2-1-9-23(11-12)27(25,26)15-6-3-13(20)4-7-15/h3-8,10,12H,1-2,9,11H2,(H,22,24)/t12-/m0/s1. The molecular formula is C18H17ClF2N2O3S. The van der Waals surface area contributed by atoms with Gasteiger partial charge in [-0.15, -0.1) is 0 Å². The van der Waals surface area contributed by atoms with E-state index in [2.05, 4.69) is 5.32 Å². The average molecular weight is 415 g/mol. The van der Waals surface area contributed by atoms with Crippen molar-refractivity contribution in [3.8, 4) is 0 Å². The van der Waals surface area contributed by atoms with Gasteiger partial charge >= 0.3 is 0 Å². The van der Waals surface area contributed by atoms with Crippen molar-refractivity contribution in [1.29, 1.82) is 0 Å². The second-order valence-electron chi connectivity index (χ2n) is 6.27. The highest BCUT2D eigenvalue weighted by Crippen LogP contribution is 2.26. The summed E-state index contributed by atoms with van der Waals surface area (Å²) >= 11 is 5.70. The first-order chi connectivity index (χ1) is 12.8. The van der Waals surface area contributed by atoms with Gasteiger partial charge in [0.2, 0.25) is 15.9 Å². The third kappa shape index (κ3) is 4.45. The minimum Gasteiger partial charge on any atom is -0.326 e. The fourth-order valence-corrected chi connectivity index (χ4v) is 4.65. The molecule has 1 aliphatic heterocycles. The van der Waals surface area contributed by atoms with Gasteiger partial charge in [0.1, 0.15) is 11.6 Å². The summed E-state index contributed by atoms with van der Waals surface area (Å²) in [6, 6.07) is 8.39. The highest BCUT2D eigenvalue weighted by atomic mass is 35.5. The first-order valence-corrected chi connectivity index (χ1v) is 10.1. The van der Waals surface area contributed by atoms with Crippen LogP contribution in [0.25, 0.3) is 0 Å². The molecule has 1 saturated heterocycles. The van der Waals surface area contributed by atoms with Gasteiger partial charge in [0.15, 0.2) is 0 Å². The van der Waals surface area contributed by atoms with E-state index in [-0.39, 0.29) is 28.9 Å². The summed E-state index contributed by atoms with van der Waals surface area (Å²) in [6.07, 6.45) is 1.04. The van der Waals surface area contributed by atoms with Crippen molar-refractivity contribution < 1.29 is 22.0 Å². The Balaban J connectivity index is 1.72. The summed E-state index contributed by atoms with van der Waals surface area (Å²) in [5.74, 6) is -2.04. The number of hydrogen-bond acceptors (Lipinski definition) is 3. The maximum Gasteiger partial charge on any atom is 0.243 e. The Morgan fingerprint density at radius 2 is 1.85 bits per heavy atom. The molecule has 2 aromatic rings. The summed E-state index contributed by atoms with van der Waals surface area (Å²) in [4.78, 5) is 12.5. The molecule has 1 amide bonds. The number of benzene rings is 2. The third-order valence-corrected chi connectivity index (χ3v) is 6.56. The van der Waals surface area contributed by atoms with Crippen molar-refractivity contribution in [3.05, 3.63) is 59.1 Å². The smallest absolute Gasteiger partial charge is 0.243 e. The largest absolute Gasteiger partial charge is 0.326 e. The Morgan fingerprint density at radius 1 is 1.15 bits per heavy atom. The van der Waals surface area contributed by atoms with Crippen LogP contribution in [0.4, 0.5) is 14.5 Å². The average Bonchev–Trinajstić information content (AvgIpc) is 2.65. The van der Waals surface area contributed by atoms with Crippen molar-refractivity contribution in [1.82, 2.24) is 4.31 Å². The molecular weight excluding hydrogens is 398 g/mol. The number of nitrogens with zero attached hydrogens (tertiary/aromatic N) is 1. The Labute approximate surface area is 161 Å². The van der Waals surface area contributed by atoms with E-state index in [0.717, 1.165) is 18.2 Å². The van der Waals surface area contributed by atoms with Crippen LogP contribution < -0.4 is 5.32 Å². The molecule has 144 valence electrons. The highest BCUT2D eigenvalue weighted by Gasteiger charge is 2.33. The summed E-state index contributed by atoms with van der Waals surface area (Å²) in [6.45, 7) is 0.298. The lowest BCUT2D eigenvalue weighted by Crippen LogP contribution is -2.43. The molecule has 1 aliphatic rings. The number of anilines is 1. The molecule has 0 bridgehead atoms. The molecule has 0 aliphatic carbocycles. The molecule has 2 aromatic carbocycles. The van der Waals surface area contributed by atoms with Gasteiger partial charge in [-0.25, -0.2) is 17.2 Å². The second-order valence-corrected chi connectivity index (χ2v) is 8.62. The monoisotopic (exact) mass is 414 g/mol. The zero-order valence-corrected chi connectivity index (χ0v) is 15.7. The van der Waals surface area contributed by atoms with Gasteiger partial charge in [-0.05, 0) is 55.3 Å². The van der Waals surface area contributed by atoms with Gasteiger partial charge in [-0.3, -0.25) is 4.79 Å². The van der Waals surface area contributed by atoms with E-state index in [1.54, 1.807) is 0 Å². The molecule has 0 unspecified atom stereocenters. The van der Waals surface area contributed by atoms with Gasteiger partial charge < -0.3 is 5.32 Å². The van der Waals surface area contributed by atoms with E-state index in [0.29, 0.717) is 18.5 Å². The molecule has 27 heavy (non-hydrogen) atoms. The minimum absolute atomic E-state index is 0.0144. The Hall–Kier alpha value is -2.03. The predicted molar refractivity (Wildman–Crippen MR) is 97.9 cm³/mol. The van der Waals surface area contributed by atoms with Gasteiger partial charge in [0.05, 0.1) is 15.8 Å². The predicted octanol–water partition coefficient (Wildman–Crippen LogP) is 3.66. The lowest BCUT2D eigenvalue weighted by molar-refractivity contribution is -0.120. The van der Waals surface area contributed by atoms with Crippen molar-refractivity contribution in [2.75, 3.05) is 18.4 Å². The summed E-state index contributed by atoms with van der Waals surface area (Å²) in [5, 5.41) is 2.52. The Kier molecular flexibility index (Phi) is 5.78. The van der Waals surface area contributed by atoms with Crippen LogP contribution in [0.15, 0.2) is 47.4 Å². The number of nitrogens with one attached hydrogen (secondary N) is 1. The number of amides is 1. The summed E-state index contributed by atoms with van der Waals surface area (Å²) in [5.41, 5.74) is 0.338. The van der Waals surface area contributed by atoms with Crippen LogP contribution in [-0.4, -0.2) is 31.7 Å². The maximum absolute atomic E-state index is 13.2. The Morgan fingerprint density at radius 3 is 2.52 bits per heavy atom.